The van der Waals surface area contributed by atoms with Crippen LogP contribution in [-0.4, -0.2) is 44.2 Å². The molecule has 1 saturated heterocycles. The lowest BCUT2D eigenvalue weighted by Crippen LogP contribution is -2.41. The molecule has 124 valence electrons. The zero-order valence-corrected chi connectivity index (χ0v) is 15.5. The van der Waals surface area contributed by atoms with Gasteiger partial charge in [-0.3, -0.25) is 4.99 Å². The van der Waals surface area contributed by atoms with Gasteiger partial charge in [0, 0.05) is 13.1 Å². The van der Waals surface area contributed by atoms with E-state index < -0.39 is 0 Å². The van der Waals surface area contributed by atoms with Crippen molar-refractivity contribution in [3.05, 3.63) is 29.8 Å². The van der Waals surface area contributed by atoms with Crippen LogP contribution in [0, 0.1) is 0 Å². The third-order valence-corrected chi connectivity index (χ3v) is 3.62. The van der Waals surface area contributed by atoms with Gasteiger partial charge in [0.2, 0.25) is 0 Å². The predicted molar refractivity (Wildman–Crippen MR) is 100.0 cm³/mol. The molecule has 1 aromatic rings. The van der Waals surface area contributed by atoms with Crippen molar-refractivity contribution in [3.8, 4) is 5.75 Å². The van der Waals surface area contributed by atoms with Gasteiger partial charge < -0.3 is 20.1 Å². The van der Waals surface area contributed by atoms with Crippen molar-refractivity contribution in [1.29, 1.82) is 0 Å². The van der Waals surface area contributed by atoms with Crippen LogP contribution in [0.3, 0.4) is 0 Å². The minimum Gasteiger partial charge on any atom is -0.497 e. The molecule has 0 spiro atoms. The van der Waals surface area contributed by atoms with Gasteiger partial charge in [0.1, 0.15) is 5.75 Å². The zero-order valence-electron chi connectivity index (χ0n) is 13.2. The van der Waals surface area contributed by atoms with Gasteiger partial charge in [-0.25, -0.2) is 0 Å². The number of nitrogens with two attached hydrogens (primary N) is 1. The topological polar surface area (TPSA) is 60.1 Å². The van der Waals surface area contributed by atoms with Crippen molar-refractivity contribution < 1.29 is 9.47 Å². The number of aliphatic imine (C=N–C) groups is 1. The SMILES string of the molecule is COc1ccc(COCCN=C(N)N2CCCCC2)cc1.I. The summed E-state index contributed by atoms with van der Waals surface area (Å²) in [4.78, 5) is 6.54. The first-order valence-corrected chi connectivity index (χ1v) is 7.55. The summed E-state index contributed by atoms with van der Waals surface area (Å²) in [5, 5.41) is 0. The summed E-state index contributed by atoms with van der Waals surface area (Å²) in [5.41, 5.74) is 7.11. The molecule has 0 radical (unpaired) electrons. The maximum atomic E-state index is 5.98. The highest BCUT2D eigenvalue weighted by atomic mass is 127. The van der Waals surface area contributed by atoms with Gasteiger partial charge in [0.25, 0.3) is 0 Å². The molecular formula is C16H26IN3O2. The van der Waals surface area contributed by atoms with E-state index in [-0.39, 0.29) is 24.0 Å². The van der Waals surface area contributed by atoms with Crippen LogP contribution in [0.15, 0.2) is 29.3 Å². The number of benzene rings is 1. The highest BCUT2D eigenvalue weighted by Crippen LogP contribution is 2.12. The average Bonchev–Trinajstić information content (AvgIpc) is 2.55. The molecule has 0 aromatic heterocycles. The van der Waals surface area contributed by atoms with Crippen LogP contribution in [0.4, 0.5) is 0 Å². The lowest BCUT2D eigenvalue weighted by Gasteiger charge is -2.27. The van der Waals surface area contributed by atoms with Crippen LogP contribution in [0.1, 0.15) is 24.8 Å². The molecule has 1 aliphatic heterocycles. The summed E-state index contributed by atoms with van der Waals surface area (Å²) < 4.78 is 10.7. The predicted octanol–water partition coefficient (Wildman–Crippen LogP) is 2.63. The summed E-state index contributed by atoms with van der Waals surface area (Å²) in [7, 11) is 1.66. The number of ether oxygens (including phenoxy) is 2. The van der Waals surface area contributed by atoms with Gasteiger partial charge in [-0.2, -0.15) is 0 Å². The van der Waals surface area contributed by atoms with E-state index in [1.165, 1.54) is 19.3 Å². The molecule has 1 heterocycles. The third kappa shape index (κ3) is 6.39. The highest BCUT2D eigenvalue weighted by Gasteiger charge is 2.11. The Morgan fingerprint density at radius 3 is 2.50 bits per heavy atom. The fourth-order valence-electron chi connectivity index (χ4n) is 2.36. The van der Waals surface area contributed by atoms with Gasteiger partial charge in [0.15, 0.2) is 5.96 Å². The van der Waals surface area contributed by atoms with Crippen molar-refractivity contribution in [2.45, 2.75) is 25.9 Å². The average molecular weight is 419 g/mol. The van der Waals surface area contributed by atoms with Crippen LogP contribution >= 0.6 is 24.0 Å². The fourth-order valence-corrected chi connectivity index (χ4v) is 2.36. The number of halogens is 1. The van der Waals surface area contributed by atoms with Crippen molar-refractivity contribution in [1.82, 2.24) is 4.90 Å². The van der Waals surface area contributed by atoms with E-state index >= 15 is 0 Å². The lowest BCUT2D eigenvalue weighted by atomic mass is 10.1. The van der Waals surface area contributed by atoms with Crippen LogP contribution in [-0.2, 0) is 11.3 Å². The molecule has 0 unspecified atom stereocenters. The van der Waals surface area contributed by atoms with Crippen LogP contribution in [0.2, 0.25) is 0 Å². The standard InChI is InChI=1S/C16H25N3O2.HI/c1-20-15-7-5-14(6-8-15)13-21-12-9-18-16(17)19-10-3-2-4-11-19;/h5-8H,2-4,9-13H2,1H3,(H2,17,18);1H. The maximum absolute atomic E-state index is 5.98. The van der Waals surface area contributed by atoms with Crippen molar-refractivity contribution in [3.63, 3.8) is 0 Å². The Kier molecular flexibility index (Phi) is 9.22. The molecule has 2 rings (SSSR count). The van der Waals surface area contributed by atoms with E-state index in [0.717, 1.165) is 24.4 Å². The van der Waals surface area contributed by atoms with E-state index in [0.29, 0.717) is 25.7 Å². The molecular weight excluding hydrogens is 393 g/mol. The molecule has 0 saturated carbocycles. The lowest BCUT2D eigenvalue weighted by molar-refractivity contribution is 0.128. The van der Waals surface area contributed by atoms with Crippen LogP contribution < -0.4 is 10.5 Å². The van der Waals surface area contributed by atoms with Gasteiger partial charge in [0.05, 0.1) is 26.9 Å². The first-order valence-electron chi connectivity index (χ1n) is 7.55. The monoisotopic (exact) mass is 419 g/mol. The Hall–Kier alpha value is -1.02. The van der Waals surface area contributed by atoms with Gasteiger partial charge >= 0.3 is 0 Å². The normalized spacial score (nSPS) is 15.3. The summed E-state index contributed by atoms with van der Waals surface area (Å²) in [5.74, 6) is 1.51. The molecule has 5 nitrogen and oxygen atoms in total. The Labute approximate surface area is 149 Å². The molecule has 1 aromatic carbocycles. The van der Waals surface area contributed by atoms with Crippen LogP contribution in [0.25, 0.3) is 0 Å². The number of likely N-dealkylation sites (tertiary alicyclic amines) is 1. The number of hydrogen-bond acceptors (Lipinski definition) is 3. The first-order chi connectivity index (χ1) is 10.3. The second-order valence-corrected chi connectivity index (χ2v) is 5.19. The molecule has 1 aliphatic rings. The van der Waals surface area contributed by atoms with E-state index in [1.54, 1.807) is 7.11 Å². The second kappa shape index (κ2) is 10.7. The third-order valence-electron chi connectivity index (χ3n) is 3.62. The van der Waals surface area contributed by atoms with Crippen molar-refractivity contribution >= 4 is 29.9 Å². The van der Waals surface area contributed by atoms with Gasteiger partial charge in [-0.05, 0) is 37.0 Å². The maximum Gasteiger partial charge on any atom is 0.191 e. The quantitative estimate of drug-likeness (QED) is 0.333. The summed E-state index contributed by atoms with van der Waals surface area (Å²) in [6.45, 7) is 3.84. The minimum absolute atomic E-state index is 0. The molecule has 22 heavy (non-hydrogen) atoms. The number of piperidine rings is 1. The van der Waals surface area contributed by atoms with Crippen molar-refractivity contribution in [2.24, 2.45) is 10.7 Å². The smallest absolute Gasteiger partial charge is 0.191 e. The number of nitrogens with zero attached hydrogens (tertiary/aromatic N) is 2. The van der Waals surface area contributed by atoms with Gasteiger partial charge in [-0.15, -0.1) is 24.0 Å². The van der Waals surface area contributed by atoms with Crippen molar-refractivity contribution in [2.75, 3.05) is 33.4 Å². The summed E-state index contributed by atoms with van der Waals surface area (Å²) in [6.07, 6.45) is 3.73. The number of hydrogen-bond donors (Lipinski definition) is 1. The molecule has 0 amide bonds. The largest absolute Gasteiger partial charge is 0.497 e. The molecule has 2 N–H and O–H groups in total. The molecule has 1 fully saturated rings. The Morgan fingerprint density at radius 1 is 1.18 bits per heavy atom. The summed E-state index contributed by atoms with van der Waals surface area (Å²) >= 11 is 0. The van der Waals surface area contributed by atoms with E-state index in [2.05, 4.69) is 9.89 Å². The van der Waals surface area contributed by atoms with E-state index in [1.807, 2.05) is 24.3 Å². The van der Waals surface area contributed by atoms with Gasteiger partial charge in [-0.1, -0.05) is 12.1 Å². The number of methoxy groups -OCH3 is 1. The minimum atomic E-state index is 0. The molecule has 0 atom stereocenters. The van der Waals surface area contributed by atoms with E-state index in [9.17, 15) is 0 Å². The zero-order chi connectivity index (χ0) is 14.9. The first kappa shape index (κ1) is 19.0. The second-order valence-electron chi connectivity index (χ2n) is 5.19. The Morgan fingerprint density at radius 2 is 1.86 bits per heavy atom. The number of rotatable bonds is 6. The molecule has 6 heteroatoms. The fraction of sp³-hybridized carbons (Fsp3) is 0.562. The highest BCUT2D eigenvalue weighted by molar-refractivity contribution is 14.0. The summed E-state index contributed by atoms with van der Waals surface area (Å²) in [6, 6.07) is 7.88. The molecule has 0 aliphatic carbocycles. The Bertz CT molecular complexity index is 445. The van der Waals surface area contributed by atoms with Crippen LogP contribution in [0.5, 0.6) is 5.75 Å². The molecule has 0 bridgehead atoms. The number of guanidine groups is 1. The van der Waals surface area contributed by atoms with E-state index in [4.69, 9.17) is 15.2 Å². The Balaban J connectivity index is 0.00000242.